The summed E-state index contributed by atoms with van der Waals surface area (Å²) in [6, 6.07) is 6.95. The monoisotopic (exact) mass is 301 g/mol. The van der Waals surface area contributed by atoms with E-state index < -0.39 is 21.9 Å². The molecule has 9 nitrogen and oxygen atoms in total. The van der Waals surface area contributed by atoms with Crippen molar-refractivity contribution >= 4 is 11.2 Å². The van der Waals surface area contributed by atoms with E-state index in [4.69, 9.17) is 0 Å². The van der Waals surface area contributed by atoms with Crippen LogP contribution in [0.1, 0.15) is 11.3 Å². The zero-order chi connectivity index (χ0) is 16.0. The van der Waals surface area contributed by atoms with E-state index in [1.165, 1.54) is 6.92 Å². The Bertz CT molecular complexity index is 1030. The van der Waals surface area contributed by atoms with Crippen molar-refractivity contribution in [1.29, 1.82) is 0 Å². The van der Waals surface area contributed by atoms with Gasteiger partial charge in [-0.3, -0.25) is 20.0 Å². The van der Waals surface area contributed by atoms with Crippen molar-refractivity contribution in [2.24, 2.45) is 0 Å². The van der Waals surface area contributed by atoms with Gasteiger partial charge in [0.1, 0.15) is 5.69 Å². The Morgan fingerprint density at radius 2 is 1.91 bits per heavy atom. The van der Waals surface area contributed by atoms with Crippen LogP contribution in [0.5, 0.6) is 0 Å². The van der Waals surface area contributed by atoms with E-state index in [-0.39, 0.29) is 11.2 Å². The predicted octanol–water partition coefficient (Wildman–Crippen LogP) is 0.699. The van der Waals surface area contributed by atoms with Gasteiger partial charge in [-0.15, -0.1) is 0 Å². The SMILES string of the molecule is Cc1ccccc1-n1[nH]c(=O)c2c([N+](=O)[O-])c(C)nn2c1=O. The number of nitrogens with one attached hydrogen (secondary N) is 1. The summed E-state index contributed by atoms with van der Waals surface area (Å²) in [7, 11) is 0. The molecule has 3 aromatic rings. The number of nitrogens with zero attached hydrogens (tertiary/aromatic N) is 4. The summed E-state index contributed by atoms with van der Waals surface area (Å²) < 4.78 is 1.79. The number of aryl methyl sites for hydroxylation is 2. The molecule has 9 heteroatoms. The molecule has 1 N–H and O–H groups in total. The van der Waals surface area contributed by atoms with Gasteiger partial charge in [0, 0.05) is 0 Å². The third-order valence-electron chi connectivity index (χ3n) is 3.37. The van der Waals surface area contributed by atoms with Crippen LogP contribution in [0.3, 0.4) is 0 Å². The minimum absolute atomic E-state index is 0.00938. The Kier molecular flexibility index (Phi) is 2.91. The van der Waals surface area contributed by atoms with Crippen molar-refractivity contribution in [3.8, 4) is 5.69 Å². The number of para-hydroxylation sites is 1. The molecule has 0 aliphatic rings. The summed E-state index contributed by atoms with van der Waals surface area (Å²) in [4.78, 5) is 35.0. The summed E-state index contributed by atoms with van der Waals surface area (Å²) >= 11 is 0. The van der Waals surface area contributed by atoms with Crippen LogP contribution in [0.2, 0.25) is 0 Å². The molecule has 0 amide bonds. The van der Waals surface area contributed by atoms with Gasteiger partial charge in [-0.25, -0.2) is 9.48 Å². The Balaban J connectivity index is 2.46. The van der Waals surface area contributed by atoms with Crippen LogP contribution >= 0.6 is 0 Å². The topological polar surface area (TPSA) is 115 Å². The molecule has 0 aliphatic carbocycles. The lowest BCUT2D eigenvalue weighted by Gasteiger charge is -2.08. The van der Waals surface area contributed by atoms with Gasteiger partial charge in [-0.05, 0) is 25.5 Å². The van der Waals surface area contributed by atoms with Crippen LogP contribution < -0.4 is 11.2 Å². The average Bonchev–Trinajstić information content (AvgIpc) is 2.82. The maximum absolute atomic E-state index is 12.5. The fourth-order valence-corrected chi connectivity index (χ4v) is 2.35. The Hall–Kier alpha value is -3.23. The molecule has 0 spiro atoms. The highest BCUT2D eigenvalue weighted by atomic mass is 16.6. The van der Waals surface area contributed by atoms with Gasteiger partial charge in [0.25, 0.3) is 5.56 Å². The number of benzene rings is 1. The minimum atomic E-state index is -0.754. The molecule has 0 saturated heterocycles. The van der Waals surface area contributed by atoms with Crippen LogP contribution in [0.15, 0.2) is 33.9 Å². The van der Waals surface area contributed by atoms with Crippen molar-refractivity contribution < 1.29 is 4.92 Å². The van der Waals surface area contributed by atoms with E-state index in [2.05, 4.69) is 10.2 Å². The second-order valence-electron chi connectivity index (χ2n) is 4.80. The lowest BCUT2D eigenvalue weighted by atomic mass is 10.2. The van der Waals surface area contributed by atoms with E-state index in [9.17, 15) is 19.7 Å². The molecule has 0 unspecified atom stereocenters. The zero-order valence-electron chi connectivity index (χ0n) is 11.7. The summed E-state index contributed by atoms with van der Waals surface area (Å²) in [5, 5.41) is 17.3. The van der Waals surface area contributed by atoms with Crippen LogP contribution in [0.25, 0.3) is 11.2 Å². The summed E-state index contributed by atoms with van der Waals surface area (Å²) in [5.41, 5.74) is -1.02. The molecule has 112 valence electrons. The number of rotatable bonds is 2. The number of fused-ring (bicyclic) bond motifs is 1. The van der Waals surface area contributed by atoms with E-state index in [0.29, 0.717) is 5.69 Å². The molecular weight excluding hydrogens is 290 g/mol. The molecule has 0 saturated carbocycles. The molecule has 2 heterocycles. The molecule has 0 aliphatic heterocycles. The largest absolute Gasteiger partial charge is 0.369 e. The Morgan fingerprint density at radius 3 is 2.55 bits per heavy atom. The number of aromatic amines is 1. The molecule has 0 bridgehead atoms. The van der Waals surface area contributed by atoms with Gasteiger partial charge in [-0.2, -0.15) is 9.61 Å². The van der Waals surface area contributed by atoms with Gasteiger partial charge in [-0.1, -0.05) is 18.2 Å². The molecule has 0 atom stereocenters. The van der Waals surface area contributed by atoms with Gasteiger partial charge < -0.3 is 0 Å². The second-order valence-corrected chi connectivity index (χ2v) is 4.80. The normalized spacial score (nSPS) is 11.0. The zero-order valence-corrected chi connectivity index (χ0v) is 11.7. The van der Waals surface area contributed by atoms with Crippen LogP contribution in [-0.4, -0.2) is 24.3 Å². The van der Waals surface area contributed by atoms with Crippen molar-refractivity contribution in [2.45, 2.75) is 13.8 Å². The first-order valence-corrected chi connectivity index (χ1v) is 6.37. The van der Waals surface area contributed by atoms with E-state index in [0.717, 1.165) is 14.8 Å². The number of nitro groups is 1. The highest BCUT2D eigenvalue weighted by Crippen LogP contribution is 2.19. The van der Waals surface area contributed by atoms with Crippen molar-refractivity contribution in [3.63, 3.8) is 0 Å². The molecule has 0 radical (unpaired) electrons. The van der Waals surface area contributed by atoms with Gasteiger partial charge in [0.15, 0.2) is 0 Å². The standard InChI is InChI=1S/C13H11N5O4/c1-7-5-3-4-6-9(7)16-13(20)17-11(12(19)15-16)10(18(21)22)8(2)14-17/h3-6H,1-2H3,(H,15,19). The Morgan fingerprint density at radius 1 is 1.23 bits per heavy atom. The van der Waals surface area contributed by atoms with Crippen LogP contribution in [0, 0.1) is 24.0 Å². The van der Waals surface area contributed by atoms with Gasteiger partial charge in [0.05, 0.1) is 10.6 Å². The van der Waals surface area contributed by atoms with E-state index >= 15 is 0 Å². The van der Waals surface area contributed by atoms with E-state index in [1.807, 2.05) is 0 Å². The lowest BCUT2D eigenvalue weighted by molar-refractivity contribution is -0.383. The fraction of sp³-hybridized carbons (Fsp3) is 0.154. The second kappa shape index (κ2) is 4.65. The van der Waals surface area contributed by atoms with Gasteiger partial charge >= 0.3 is 11.4 Å². The van der Waals surface area contributed by atoms with Gasteiger partial charge in [0.2, 0.25) is 5.52 Å². The number of hydrogen-bond donors (Lipinski definition) is 1. The van der Waals surface area contributed by atoms with Crippen molar-refractivity contribution in [3.05, 3.63) is 66.5 Å². The minimum Gasteiger partial charge on any atom is -0.265 e. The molecule has 1 aromatic carbocycles. The third-order valence-corrected chi connectivity index (χ3v) is 3.37. The van der Waals surface area contributed by atoms with E-state index in [1.54, 1.807) is 31.2 Å². The maximum Gasteiger partial charge on any atom is 0.369 e. The first-order chi connectivity index (χ1) is 10.4. The lowest BCUT2D eigenvalue weighted by Crippen LogP contribution is -2.34. The van der Waals surface area contributed by atoms with Crippen molar-refractivity contribution in [2.75, 3.05) is 0 Å². The smallest absolute Gasteiger partial charge is 0.265 e. The van der Waals surface area contributed by atoms with Crippen molar-refractivity contribution in [1.82, 2.24) is 19.4 Å². The molecule has 3 rings (SSSR count). The maximum atomic E-state index is 12.5. The first-order valence-electron chi connectivity index (χ1n) is 6.37. The highest BCUT2D eigenvalue weighted by Gasteiger charge is 2.25. The fourth-order valence-electron chi connectivity index (χ4n) is 2.35. The predicted molar refractivity (Wildman–Crippen MR) is 77.5 cm³/mol. The quantitative estimate of drug-likeness (QED) is 0.552. The summed E-state index contributed by atoms with van der Waals surface area (Å²) in [5.74, 6) is 0. The number of aromatic nitrogens is 4. The van der Waals surface area contributed by atoms with Crippen LogP contribution in [-0.2, 0) is 0 Å². The highest BCUT2D eigenvalue weighted by molar-refractivity contribution is 5.65. The third kappa shape index (κ3) is 1.83. The average molecular weight is 301 g/mol. The summed E-state index contributed by atoms with van der Waals surface area (Å²) in [6.07, 6.45) is 0. The summed E-state index contributed by atoms with van der Waals surface area (Å²) in [6.45, 7) is 3.16. The molecule has 0 fully saturated rings. The Labute approximate surface area is 122 Å². The number of hydrogen-bond acceptors (Lipinski definition) is 5. The molecular formula is C13H11N5O4. The number of H-pyrrole nitrogens is 1. The van der Waals surface area contributed by atoms with Crippen LogP contribution in [0.4, 0.5) is 5.69 Å². The first kappa shape index (κ1) is 13.7. The molecule has 22 heavy (non-hydrogen) atoms. The molecule has 2 aromatic heterocycles.